The van der Waals surface area contributed by atoms with E-state index < -0.39 is 0 Å². The molecule has 3 aromatic carbocycles. The lowest BCUT2D eigenvalue weighted by atomic mass is 9.98. The van der Waals surface area contributed by atoms with Gasteiger partial charge in [-0.05, 0) is 60.2 Å². The summed E-state index contributed by atoms with van der Waals surface area (Å²) in [5, 5.41) is 2.34. The van der Waals surface area contributed by atoms with E-state index in [1.807, 2.05) is 66.7 Å². The number of pyridine rings is 1. The number of halogens is 3. The minimum Gasteiger partial charge on any atom is -0.497 e. The Balaban J connectivity index is 0.00000210. The van der Waals surface area contributed by atoms with Crippen LogP contribution in [0.2, 0.25) is 10.0 Å². The van der Waals surface area contributed by atoms with Crippen molar-refractivity contribution in [3.8, 4) is 28.1 Å². The van der Waals surface area contributed by atoms with Crippen molar-refractivity contribution < 1.29 is 4.74 Å². The molecule has 0 amide bonds. The lowest BCUT2D eigenvalue weighted by Gasteiger charge is -2.12. The van der Waals surface area contributed by atoms with Crippen LogP contribution in [-0.4, -0.2) is 12.1 Å². The second kappa shape index (κ2) is 8.18. The maximum absolute atomic E-state index is 6.47. The summed E-state index contributed by atoms with van der Waals surface area (Å²) in [5.74, 6) is 0.813. The van der Waals surface area contributed by atoms with Crippen LogP contribution in [0.25, 0.3) is 33.3 Å². The number of fused-ring (bicyclic) bond motifs is 1. The normalized spacial score (nSPS) is 10.5. The number of methoxy groups -OCH3 is 1. The van der Waals surface area contributed by atoms with Gasteiger partial charge in [0, 0.05) is 26.6 Å². The van der Waals surface area contributed by atoms with Crippen molar-refractivity contribution in [3.63, 3.8) is 0 Å². The topological polar surface area (TPSA) is 22.1 Å². The lowest BCUT2D eigenvalue weighted by Crippen LogP contribution is -1.91. The minimum atomic E-state index is 0. The van der Waals surface area contributed by atoms with Gasteiger partial charge in [-0.3, -0.25) is 0 Å². The molecule has 0 radical (unpaired) electrons. The molecule has 0 N–H and O–H groups in total. The third-order valence-electron chi connectivity index (χ3n) is 4.32. The summed E-state index contributed by atoms with van der Waals surface area (Å²) in [6.07, 6.45) is 0. The van der Waals surface area contributed by atoms with Gasteiger partial charge < -0.3 is 4.74 Å². The Morgan fingerprint density at radius 2 is 1.56 bits per heavy atom. The van der Waals surface area contributed by atoms with Crippen LogP contribution < -0.4 is 4.74 Å². The van der Waals surface area contributed by atoms with Crippen molar-refractivity contribution in [1.82, 2.24) is 4.98 Å². The van der Waals surface area contributed by atoms with E-state index in [0.29, 0.717) is 10.0 Å². The molecule has 5 heteroatoms. The van der Waals surface area contributed by atoms with Crippen LogP contribution >= 0.6 is 35.6 Å². The zero-order valence-corrected chi connectivity index (χ0v) is 16.8. The molecule has 0 aliphatic heterocycles. The molecule has 0 spiro atoms. The van der Waals surface area contributed by atoms with Gasteiger partial charge in [0.25, 0.3) is 0 Å². The number of benzene rings is 3. The van der Waals surface area contributed by atoms with Crippen molar-refractivity contribution in [2.24, 2.45) is 0 Å². The quantitative estimate of drug-likeness (QED) is 0.349. The summed E-state index contributed by atoms with van der Waals surface area (Å²) in [6.45, 7) is 0. The van der Waals surface area contributed by atoms with E-state index in [0.717, 1.165) is 39.0 Å². The molecule has 0 saturated heterocycles. The van der Waals surface area contributed by atoms with Gasteiger partial charge in [-0.1, -0.05) is 41.4 Å². The van der Waals surface area contributed by atoms with Crippen molar-refractivity contribution in [2.45, 2.75) is 0 Å². The van der Waals surface area contributed by atoms with E-state index >= 15 is 0 Å². The maximum Gasteiger partial charge on any atom is 0.118 e. The predicted molar refractivity (Wildman–Crippen MR) is 116 cm³/mol. The van der Waals surface area contributed by atoms with E-state index in [9.17, 15) is 0 Å². The van der Waals surface area contributed by atoms with Crippen LogP contribution in [0.3, 0.4) is 0 Å². The molecule has 4 rings (SSSR count). The Hall–Kier alpha value is -2.26. The van der Waals surface area contributed by atoms with Gasteiger partial charge in [-0.2, -0.15) is 0 Å². The van der Waals surface area contributed by atoms with Gasteiger partial charge >= 0.3 is 0 Å². The van der Waals surface area contributed by atoms with Crippen molar-refractivity contribution >= 4 is 46.5 Å². The average molecular weight is 417 g/mol. The summed E-state index contributed by atoms with van der Waals surface area (Å²) >= 11 is 12.7. The number of aromatic nitrogens is 1. The highest BCUT2D eigenvalue weighted by molar-refractivity contribution is 6.34. The van der Waals surface area contributed by atoms with Crippen LogP contribution in [0.15, 0.2) is 72.8 Å². The first-order valence-electron chi connectivity index (χ1n) is 8.15. The molecular formula is C22H16Cl3NO. The highest BCUT2D eigenvalue weighted by atomic mass is 35.5. The van der Waals surface area contributed by atoms with E-state index in [-0.39, 0.29) is 12.4 Å². The standard InChI is InChI=1S/C22H15Cl2NO.ClH/c1-26-16-9-6-14(7-10-16)22-13-18(17-4-2-3-5-20(17)24)19-12-15(23)8-11-21(19)25-22;/h2-13H,1H3;1H. The SMILES string of the molecule is COc1ccc(-c2cc(-c3ccccc3Cl)c3cc(Cl)ccc3n2)cc1.Cl. The lowest BCUT2D eigenvalue weighted by molar-refractivity contribution is 0.415. The van der Waals surface area contributed by atoms with Crippen molar-refractivity contribution in [1.29, 1.82) is 0 Å². The molecule has 0 bridgehead atoms. The summed E-state index contributed by atoms with van der Waals surface area (Å²) in [5.41, 5.74) is 4.72. The maximum atomic E-state index is 6.47. The Morgan fingerprint density at radius 3 is 2.26 bits per heavy atom. The van der Waals surface area contributed by atoms with Gasteiger partial charge in [0.05, 0.1) is 18.3 Å². The molecule has 136 valence electrons. The second-order valence-corrected chi connectivity index (χ2v) is 6.77. The molecule has 2 nitrogen and oxygen atoms in total. The fourth-order valence-electron chi connectivity index (χ4n) is 3.01. The second-order valence-electron chi connectivity index (χ2n) is 5.92. The average Bonchev–Trinajstić information content (AvgIpc) is 2.68. The molecule has 0 saturated carbocycles. The van der Waals surface area contributed by atoms with E-state index in [1.54, 1.807) is 7.11 Å². The first-order chi connectivity index (χ1) is 12.7. The molecule has 0 fully saturated rings. The fraction of sp³-hybridized carbons (Fsp3) is 0.0455. The molecule has 0 aliphatic carbocycles. The third kappa shape index (κ3) is 3.89. The minimum absolute atomic E-state index is 0. The van der Waals surface area contributed by atoms with E-state index in [1.165, 1.54) is 0 Å². The molecule has 4 aromatic rings. The number of hydrogen-bond acceptors (Lipinski definition) is 2. The Labute approximate surface area is 174 Å². The van der Waals surface area contributed by atoms with Crippen LogP contribution in [-0.2, 0) is 0 Å². The Morgan fingerprint density at radius 1 is 0.815 bits per heavy atom. The van der Waals surface area contributed by atoms with Crippen molar-refractivity contribution in [2.75, 3.05) is 7.11 Å². The van der Waals surface area contributed by atoms with E-state index in [2.05, 4.69) is 6.07 Å². The molecule has 0 aliphatic rings. The summed E-state index contributed by atoms with van der Waals surface area (Å²) in [6, 6.07) is 23.4. The highest BCUT2D eigenvalue weighted by Gasteiger charge is 2.12. The summed E-state index contributed by atoms with van der Waals surface area (Å²) < 4.78 is 5.24. The van der Waals surface area contributed by atoms with Gasteiger partial charge in [0.2, 0.25) is 0 Å². The van der Waals surface area contributed by atoms with Gasteiger partial charge in [-0.25, -0.2) is 4.98 Å². The number of nitrogens with zero attached hydrogens (tertiary/aromatic N) is 1. The van der Waals surface area contributed by atoms with Gasteiger partial charge in [0.15, 0.2) is 0 Å². The first kappa shape index (κ1) is 19.5. The molecular weight excluding hydrogens is 401 g/mol. The number of ether oxygens (including phenoxy) is 1. The van der Waals surface area contributed by atoms with Crippen LogP contribution in [0.5, 0.6) is 5.75 Å². The van der Waals surface area contributed by atoms with Crippen LogP contribution in [0.1, 0.15) is 0 Å². The molecule has 1 aromatic heterocycles. The van der Waals surface area contributed by atoms with Crippen molar-refractivity contribution in [3.05, 3.63) is 82.8 Å². The van der Waals surface area contributed by atoms with E-state index in [4.69, 9.17) is 32.9 Å². The van der Waals surface area contributed by atoms with Crippen LogP contribution in [0.4, 0.5) is 0 Å². The summed E-state index contributed by atoms with van der Waals surface area (Å²) in [4.78, 5) is 4.82. The summed E-state index contributed by atoms with van der Waals surface area (Å²) in [7, 11) is 1.66. The zero-order valence-electron chi connectivity index (χ0n) is 14.4. The highest BCUT2D eigenvalue weighted by Crippen LogP contribution is 2.36. The molecule has 0 atom stereocenters. The third-order valence-corrected chi connectivity index (χ3v) is 4.89. The largest absolute Gasteiger partial charge is 0.497 e. The molecule has 1 heterocycles. The van der Waals surface area contributed by atoms with Gasteiger partial charge in [-0.15, -0.1) is 12.4 Å². The van der Waals surface area contributed by atoms with Gasteiger partial charge in [0.1, 0.15) is 5.75 Å². The van der Waals surface area contributed by atoms with Crippen LogP contribution in [0, 0.1) is 0 Å². The smallest absolute Gasteiger partial charge is 0.118 e. The number of hydrogen-bond donors (Lipinski definition) is 0. The zero-order chi connectivity index (χ0) is 18.1. The first-order valence-corrected chi connectivity index (χ1v) is 8.91. The Kier molecular flexibility index (Phi) is 5.91. The molecule has 27 heavy (non-hydrogen) atoms. The predicted octanol–water partition coefficient (Wildman–Crippen LogP) is 7.31. The monoisotopic (exact) mass is 415 g/mol. The Bertz CT molecular complexity index is 1090. The number of rotatable bonds is 3. The fourth-order valence-corrected chi connectivity index (χ4v) is 3.42. The molecule has 0 unspecified atom stereocenters.